The van der Waals surface area contributed by atoms with Crippen molar-refractivity contribution >= 4 is 27.5 Å². The lowest BCUT2D eigenvalue weighted by Crippen LogP contribution is -2.51. The van der Waals surface area contributed by atoms with Crippen LogP contribution in [0.3, 0.4) is 0 Å². The van der Waals surface area contributed by atoms with Crippen LogP contribution >= 0.6 is 0 Å². The summed E-state index contributed by atoms with van der Waals surface area (Å²) in [6.45, 7) is -0.145. The Kier molecular flexibility index (Phi) is 8.30. The van der Waals surface area contributed by atoms with E-state index in [0.29, 0.717) is 39.0 Å². The van der Waals surface area contributed by atoms with Gasteiger partial charge in [0.05, 0.1) is 12.2 Å². The number of phenolic OH excluding ortho intramolecular Hbond substituents is 1. The average Bonchev–Trinajstić information content (AvgIpc) is 3.78. The standard InChI is InChI=1S/C36H35F5N6O3/c1-2-24-26(38)6-3-19-13-23(48)14-25(27(19)24)30-29(39)31-28(33(43-30)50-34(40)41)32(47-15-21-4-5-22(16-47)42-21)45-35(44-31)49-18-36(9-10-36)17-46-11-7-20(37)8-12-46/h1,3,6,13-14,20-22,34,42,48H,4-5,7-12,15-18H2. The number of anilines is 1. The molecule has 1 aliphatic carbocycles. The second kappa shape index (κ2) is 12.7. The monoisotopic (exact) mass is 694 g/mol. The van der Waals surface area contributed by atoms with Crippen molar-refractivity contribution in [3.63, 3.8) is 0 Å². The predicted octanol–water partition coefficient (Wildman–Crippen LogP) is 5.95. The van der Waals surface area contributed by atoms with Crippen LogP contribution in [0.2, 0.25) is 0 Å². The van der Waals surface area contributed by atoms with Gasteiger partial charge in [-0.2, -0.15) is 18.7 Å². The number of pyridine rings is 1. The minimum Gasteiger partial charge on any atom is -0.508 e. The van der Waals surface area contributed by atoms with Gasteiger partial charge in [-0.25, -0.2) is 18.2 Å². The summed E-state index contributed by atoms with van der Waals surface area (Å²) in [7, 11) is 0. The van der Waals surface area contributed by atoms with Gasteiger partial charge in [-0.05, 0) is 62.1 Å². The lowest BCUT2D eigenvalue weighted by Gasteiger charge is -2.34. The molecule has 14 heteroatoms. The molecule has 4 aliphatic rings. The van der Waals surface area contributed by atoms with E-state index in [1.165, 1.54) is 12.1 Å². The van der Waals surface area contributed by atoms with E-state index < -0.39 is 36.0 Å². The van der Waals surface area contributed by atoms with E-state index in [-0.39, 0.29) is 74.5 Å². The third-order valence-corrected chi connectivity index (χ3v) is 10.4. The minimum atomic E-state index is -3.34. The second-order valence-corrected chi connectivity index (χ2v) is 14.0. The highest BCUT2D eigenvalue weighted by atomic mass is 19.3. The molecule has 0 spiro atoms. The Bertz CT molecular complexity index is 2000. The van der Waals surface area contributed by atoms with Crippen molar-refractivity contribution in [2.75, 3.05) is 44.2 Å². The SMILES string of the molecule is C#Cc1c(F)ccc2cc(O)cc(-c3nc(OC(F)F)c4c(N5CC6CCC(C5)N6)nc(OCC5(CN6CCC(F)CC6)CC5)nc4c3F)c12. The van der Waals surface area contributed by atoms with Crippen LogP contribution in [0.1, 0.15) is 44.1 Å². The number of rotatable bonds is 9. The minimum absolute atomic E-state index is 0.0518. The Balaban J connectivity index is 1.27. The van der Waals surface area contributed by atoms with Crippen molar-refractivity contribution in [1.29, 1.82) is 0 Å². The van der Waals surface area contributed by atoms with Gasteiger partial charge in [-0.15, -0.1) is 6.42 Å². The van der Waals surface area contributed by atoms with Gasteiger partial charge in [0, 0.05) is 61.2 Å². The van der Waals surface area contributed by atoms with E-state index in [0.717, 1.165) is 44.4 Å². The first-order valence-electron chi connectivity index (χ1n) is 16.9. The van der Waals surface area contributed by atoms with E-state index in [2.05, 4.69) is 31.1 Å². The number of nitrogens with zero attached hydrogens (tertiary/aromatic N) is 5. The van der Waals surface area contributed by atoms with Crippen LogP contribution in [0.15, 0.2) is 24.3 Å². The molecular formula is C36H35F5N6O3. The van der Waals surface area contributed by atoms with Crippen molar-refractivity contribution in [2.45, 2.75) is 63.4 Å². The van der Waals surface area contributed by atoms with E-state index >= 15 is 4.39 Å². The zero-order valence-corrected chi connectivity index (χ0v) is 27.1. The molecule has 9 nitrogen and oxygen atoms in total. The number of alkyl halides is 3. The Morgan fingerprint density at radius 1 is 1.02 bits per heavy atom. The number of aromatic nitrogens is 3. The third kappa shape index (κ3) is 6.11. The fraction of sp³-hybridized carbons (Fsp3) is 0.472. The number of halogens is 5. The average molecular weight is 695 g/mol. The number of aromatic hydroxyl groups is 1. The zero-order valence-electron chi connectivity index (χ0n) is 27.1. The number of hydrogen-bond acceptors (Lipinski definition) is 9. The molecule has 2 N–H and O–H groups in total. The Hall–Kier alpha value is -4.48. The van der Waals surface area contributed by atoms with Gasteiger partial charge in [-0.1, -0.05) is 12.0 Å². The quantitative estimate of drug-likeness (QED) is 0.163. The largest absolute Gasteiger partial charge is 0.508 e. The second-order valence-electron chi connectivity index (χ2n) is 14.0. The molecule has 2 unspecified atom stereocenters. The summed E-state index contributed by atoms with van der Waals surface area (Å²) in [6.07, 6.45) is 9.44. The molecule has 50 heavy (non-hydrogen) atoms. The molecule has 262 valence electrons. The van der Waals surface area contributed by atoms with Crippen LogP contribution in [0.4, 0.5) is 27.8 Å². The maximum atomic E-state index is 17.0. The molecule has 0 amide bonds. The Morgan fingerprint density at radius 3 is 2.44 bits per heavy atom. The van der Waals surface area contributed by atoms with Crippen molar-refractivity contribution in [1.82, 2.24) is 25.2 Å². The number of terminal acetylenes is 1. The smallest absolute Gasteiger partial charge is 0.388 e. The first kappa shape index (κ1) is 32.7. The topological polar surface area (TPSA) is 95.9 Å². The molecule has 2 bridgehead atoms. The predicted molar refractivity (Wildman–Crippen MR) is 176 cm³/mol. The number of nitrogens with one attached hydrogen (secondary N) is 1. The highest BCUT2D eigenvalue weighted by Crippen LogP contribution is 2.48. The van der Waals surface area contributed by atoms with Gasteiger partial charge >= 0.3 is 12.6 Å². The summed E-state index contributed by atoms with van der Waals surface area (Å²) < 4.78 is 85.0. The van der Waals surface area contributed by atoms with E-state index in [1.807, 2.05) is 4.90 Å². The van der Waals surface area contributed by atoms with Gasteiger partial charge in [0.2, 0.25) is 5.88 Å². The number of likely N-dealkylation sites (tertiary alicyclic amines) is 1. The maximum Gasteiger partial charge on any atom is 0.388 e. The summed E-state index contributed by atoms with van der Waals surface area (Å²) >= 11 is 0. The molecule has 4 aromatic rings. The Morgan fingerprint density at radius 2 is 1.76 bits per heavy atom. The van der Waals surface area contributed by atoms with Crippen molar-refractivity contribution in [3.8, 4) is 41.2 Å². The summed E-state index contributed by atoms with van der Waals surface area (Å²) in [5.41, 5.74) is -1.46. The van der Waals surface area contributed by atoms with Crippen LogP contribution < -0.4 is 19.7 Å². The van der Waals surface area contributed by atoms with Crippen LogP contribution in [-0.4, -0.2) is 89.2 Å². The van der Waals surface area contributed by atoms with Gasteiger partial charge in [0.25, 0.3) is 0 Å². The molecule has 3 saturated heterocycles. The van der Waals surface area contributed by atoms with Crippen LogP contribution in [-0.2, 0) is 0 Å². The lowest BCUT2D eigenvalue weighted by atomic mass is 9.95. The number of ether oxygens (including phenoxy) is 2. The molecule has 3 aliphatic heterocycles. The molecule has 5 heterocycles. The zero-order chi connectivity index (χ0) is 34.7. The number of piperidine rings is 1. The fourth-order valence-electron chi connectivity index (χ4n) is 7.74. The molecule has 2 aromatic carbocycles. The summed E-state index contributed by atoms with van der Waals surface area (Å²) in [5, 5.41) is 14.3. The van der Waals surface area contributed by atoms with Gasteiger partial charge in [0.1, 0.15) is 40.2 Å². The van der Waals surface area contributed by atoms with Gasteiger partial charge in [-0.3, -0.25) is 0 Å². The van der Waals surface area contributed by atoms with Crippen LogP contribution in [0, 0.1) is 29.4 Å². The number of fused-ring (bicyclic) bond motifs is 4. The fourth-order valence-corrected chi connectivity index (χ4v) is 7.74. The van der Waals surface area contributed by atoms with Crippen LogP contribution in [0.25, 0.3) is 32.9 Å². The molecule has 0 radical (unpaired) electrons. The van der Waals surface area contributed by atoms with E-state index in [9.17, 15) is 22.7 Å². The molecule has 2 aromatic heterocycles. The molecule has 4 fully saturated rings. The summed E-state index contributed by atoms with van der Waals surface area (Å²) in [4.78, 5) is 17.5. The first-order valence-corrected chi connectivity index (χ1v) is 16.9. The molecule has 2 atom stereocenters. The first-order chi connectivity index (χ1) is 24.1. The normalized spacial score (nSPS) is 22.0. The number of piperazine rings is 1. The van der Waals surface area contributed by atoms with Gasteiger partial charge < -0.3 is 29.7 Å². The number of benzene rings is 2. The van der Waals surface area contributed by atoms with Gasteiger partial charge in [0.15, 0.2) is 5.82 Å². The van der Waals surface area contributed by atoms with Crippen molar-refractivity contribution in [2.24, 2.45) is 5.41 Å². The summed E-state index contributed by atoms with van der Waals surface area (Å²) in [6, 6.07) is 5.02. The molecule has 8 rings (SSSR count). The van der Waals surface area contributed by atoms with Crippen LogP contribution in [0.5, 0.6) is 17.6 Å². The van der Waals surface area contributed by atoms with E-state index in [4.69, 9.17) is 15.9 Å². The van der Waals surface area contributed by atoms with E-state index in [1.54, 1.807) is 0 Å². The summed E-state index contributed by atoms with van der Waals surface area (Å²) in [5.74, 6) is -0.337. The lowest BCUT2D eigenvalue weighted by molar-refractivity contribution is -0.0516. The number of hydrogen-bond donors (Lipinski definition) is 2. The molecular weight excluding hydrogens is 659 g/mol. The van der Waals surface area contributed by atoms with Crippen molar-refractivity contribution in [3.05, 3.63) is 41.5 Å². The molecule has 1 saturated carbocycles. The number of phenols is 1. The Labute approximate surface area is 284 Å². The maximum absolute atomic E-state index is 17.0. The van der Waals surface area contributed by atoms with Crippen molar-refractivity contribution < 1.29 is 36.5 Å². The highest BCUT2D eigenvalue weighted by molar-refractivity contribution is 6.04. The third-order valence-electron chi connectivity index (χ3n) is 10.4. The highest BCUT2D eigenvalue weighted by Gasteiger charge is 2.45.